The first-order valence-corrected chi connectivity index (χ1v) is 11.0. The van der Waals surface area contributed by atoms with Crippen LogP contribution < -0.4 is 9.47 Å². The molecule has 3 aromatic rings. The fourth-order valence-corrected chi connectivity index (χ4v) is 5.50. The molecule has 0 bridgehead atoms. The lowest BCUT2D eigenvalue weighted by Gasteiger charge is -2.37. The van der Waals surface area contributed by atoms with Gasteiger partial charge in [0.05, 0.1) is 25.2 Å². The van der Waals surface area contributed by atoms with Gasteiger partial charge in [-0.1, -0.05) is 30.3 Å². The van der Waals surface area contributed by atoms with Crippen LogP contribution in [0.5, 0.6) is 11.5 Å². The molecular formula is C23H22FNO4S. The second kappa shape index (κ2) is 8.08. The average molecular weight is 427 g/mol. The molecule has 1 heterocycles. The zero-order chi connectivity index (χ0) is 21.3. The topological polar surface area (TPSA) is 55.8 Å². The van der Waals surface area contributed by atoms with Gasteiger partial charge in [0.25, 0.3) is 0 Å². The lowest BCUT2D eigenvalue weighted by atomic mass is 9.89. The molecule has 0 N–H and O–H groups in total. The van der Waals surface area contributed by atoms with Gasteiger partial charge in [-0.3, -0.25) is 0 Å². The minimum absolute atomic E-state index is 0.0637. The van der Waals surface area contributed by atoms with Crippen molar-refractivity contribution in [1.82, 2.24) is 4.31 Å². The minimum atomic E-state index is -3.86. The van der Waals surface area contributed by atoms with E-state index in [1.54, 1.807) is 14.2 Å². The van der Waals surface area contributed by atoms with Crippen molar-refractivity contribution in [3.8, 4) is 11.5 Å². The van der Waals surface area contributed by atoms with Gasteiger partial charge in [-0.25, -0.2) is 12.8 Å². The summed E-state index contributed by atoms with van der Waals surface area (Å²) in [6.45, 7) is 0.293. The van der Waals surface area contributed by atoms with Crippen LogP contribution in [0.1, 0.15) is 22.7 Å². The molecule has 1 atom stereocenters. The highest BCUT2D eigenvalue weighted by Gasteiger charge is 2.38. The van der Waals surface area contributed by atoms with Crippen molar-refractivity contribution in [1.29, 1.82) is 0 Å². The van der Waals surface area contributed by atoms with E-state index in [0.717, 1.165) is 28.8 Å². The highest BCUT2D eigenvalue weighted by Crippen LogP contribution is 2.43. The first kappa shape index (κ1) is 20.4. The van der Waals surface area contributed by atoms with Crippen LogP contribution in [0.2, 0.25) is 0 Å². The Morgan fingerprint density at radius 2 is 1.57 bits per heavy atom. The van der Waals surface area contributed by atoms with Crippen molar-refractivity contribution in [2.45, 2.75) is 17.4 Å². The van der Waals surface area contributed by atoms with Crippen molar-refractivity contribution in [2.24, 2.45) is 0 Å². The van der Waals surface area contributed by atoms with Crippen LogP contribution in [-0.2, 0) is 16.4 Å². The fourth-order valence-electron chi connectivity index (χ4n) is 3.90. The molecule has 1 aliphatic rings. The second-order valence-electron chi connectivity index (χ2n) is 7.04. The molecule has 3 aromatic carbocycles. The normalized spacial score (nSPS) is 16.7. The summed E-state index contributed by atoms with van der Waals surface area (Å²) in [5, 5.41) is 0. The average Bonchev–Trinajstić information content (AvgIpc) is 2.78. The van der Waals surface area contributed by atoms with Crippen molar-refractivity contribution < 1.29 is 22.3 Å². The van der Waals surface area contributed by atoms with E-state index in [-0.39, 0.29) is 4.90 Å². The molecule has 1 aliphatic heterocycles. The third-order valence-corrected chi connectivity index (χ3v) is 7.24. The smallest absolute Gasteiger partial charge is 0.243 e. The van der Waals surface area contributed by atoms with E-state index < -0.39 is 21.9 Å². The molecule has 156 valence electrons. The number of rotatable bonds is 5. The van der Waals surface area contributed by atoms with Crippen molar-refractivity contribution in [2.75, 3.05) is 20.8 Å². The van der Waals surface area contributed by atoms with Crippen LogP contribution in [-0.4, -0.2) is 33.5 Å². The Bertz CT molecular complexity index is 1150. The Balaban J connectivity index is 1.89. The lowest BCUT2D eigenvalue weighted by molar-refractivity contribution is 0.332. The van der Waals surface area contributed by atoms with Gasteiger partial charge in [-0.2, -0.15) is 4.31 Å². The summed E-state index contributed by atoms with van der Waals surface area (Å²) in [4.78, 5) is 0.0637. The van der Waals surface area contributed by atoms with Gasteiger partial charge in [0.15, 0.2) is 11.5 Å². The van der Waals surface area contributed by atoms with Crippen LogP contribution in [0.4, 0.5) is 4.39 Å². The van der Waals surface area contributed by atoms with E-state index in [0.29, 0.717) is 24.5 Å². The number of sulfonamides is 1. The molecule has 0 saturated carbocycles. The Labute approximate surface area is 175 Å². The van der Waals surface area contributed by atoms with Crippen molar-refractivity contribution in [3.05, 3.63) is 89.2 Å². The maximum Gasteiger partial charge on any atom is 0.243 e. The summed E-state index contributed by atoms with van der Waals surface area (Å²) in [5.74, 6) is 0.672. The number of ether oxygens (including phenoxy) is 2. The fraction of sp³-hybridized carbons (Fsp3) is 0.217. The molecule has 30 heavy (non-hydrogen) atoms. The Hall–Kier alpha value is -2.90. The van der Waals surface area contributed by atoms with Crippen LogP contribution in [0.3, 0.4) is 0 Å². The monoisotopic (exact) mass is 427 g/mol. The molecule has 7 heteroatoms. The van der Waals surface area contributed by atoms with Crippen LogP contribution >= 0.6 is 0 Å². The highest BCUT2D eigenvalue weighted by molar-refractivity contribution is 7.89. The van der Waals surface area contributed by atoms with E-state index in [9.17, 15) is 12.8 Å². The summed E-state index contributed by atoms with van der Waals surface area (Å²) < 4.78 is 52.8. The maximum absolute atomic E-state index is 13.5. The van der Waals surface area contributed by atoms with E-state index in [2.05, 4.69) is 0 Å². The molecule has 0 unspecified atom stereocenters. The van der Waals surface area contributed by atoms with Gasteiger partial charge in [0.1, 0.15) is 5.82 Å². The van der Waals surface area contributed by atoms with E-state index in [1.807, 2.05) is 42.5 Å². The Morgan fingerprint density at radius 1 is 0.933 bits per heavy atom. The number of fused-ring (bicyclic) bond motifs is 1. The molecule has 0 saturated heterocycles. The largest absolute Gasteiger partial charge is 0.493 e. The van der Waals surface area contributed by atoms with Gasteiger partial charge in [-0.05, 0) is 59.5 Å². The number of hydrogen-bond donors (Lipinski definition) is 0. The number of benzene rings is 3. The number of methoxy groups -OCH3 is 2. The third kappa shape index (κ3) is 3.55. The van der Waals surface area contributed by atoms with Gasteiger partial charge in [0, 0.05) is 6.54 Å². The van der Waals surface area contributed by atoms with Crippen LogP contribution in [0.25, 0.3) is 0 Å². The predicted octanol–water partition coefficient (Wildman–Crippen LogP) is 4.18. The maximum atomic E-state index is 13.5. The standard InChI is InChI=1S/C23H22FNO4S/c1-28-21-14-17-12-13-25(30(26,27)19-10-8-18(24)9-11-19)23(16-6-4-3-5-7-16)20(17)15-22(21)29-2/h3-11,14-15,23H,12-13H2,1-2H3/t23-/m1/s1. The second-order valence-corrected chi connectivity index (χ2v) is 8.93. The molecule has 0 aliphatic carbocycles. The summed E-state index contributed by atoms with van der Waals surface area (Å²) >= 11 is 0. The van der Waals surface area contributed by atoms with Gasteiger partial charge >= 0.3 is 0 Å². The van der Waals surface area contributed by atoms with Crippen LogP contribution in [0, 0.1) is 5.82 Å². The minimum Gasteiger partial charge on any atom is -0.493 e. The van der Waals surface area contributed by atoms with Gasteiger partial charge in [-0.15, -0.1) is 0 Å². The first-order chi connectivity index (χ1) is 14.5. The summed E-state index contributed by atoms with van der Waals surface area (Å²) in [6, 6.07) is 17.6. The highest BCUT2D eigenvalue weighted by atomic mass is 32.2. The summed E-state index contributed by atoms with van der Waals surface area (Å²) in [7, 11) is -0.730. The number of halogens is 1. The van der Waals surface area contributed by atoms with Gasteiger partial charge in [0.2, 0.25) is 10.0 Å². The molecule has 0 spiro atoms. The molecule has 0 amide bonds. The zero-order valence-corrected chi connectivity index (χ0v) is 17.5. The SMILES string of the molecule is COc1cc2c(cc1OC)[C@@H](c1ccccc1)N(S(=O)(=O)c1ccc(F)cc1)CC2. The lowest BCUT2D eigenvalue weighted by Crippen LogP contribution is -2.40. The van der Waals surface area contributed by atoms with E-state index in [1.165, 1.54) is 16.4 Å². The van der Waals surface area contributed by atoms with E-state index in [4.69, 9.17) is 9.47 Å². The summed E-state index contributed by atoms with van der Waals surface area (Å²) in [6.07, 6.45) is 0.527. The molecule has 0 fully saturated rings. The molecule has 4 rings (SSSR count). The quantitative estimate of drug-likeness (QED) is 0.613. The van der Waals surface area contributed by atoms with Crippen LogP contribution in [0.15, 0.2) is 71.6 Å². The molecule has 0 radical (unpaired) electrons. The van der Waals surface area contributed by atoms with Crippen molar-refractivity contribution >= 4 is 10.0 Å². The zero-order valence-electron chi connectivity index (χ0n) is 16.7. The first-order valence-electron chi connectivity index (χ1n) is 9.53. The Morgan fingerprint density at radius 3 is 2.20 bits per heavy atom. The van der Waals surface area contributed by atoms with Gasteiger partial charge < -0.3 is 9.47 Å². The molecular weight excluding hydrogens is 405 g/mol. The molecule has 5 nitrogen and oxygen atoms in total. The molecule has 0 aromatic heterocycles. The van der Waals surface area contributed by atoms with E-state index >= 15 is 0 Å². The number of nitrogens with zero attached hydrogens (tertiary/aromatic N) is 1. The van der Waals surface area contributed by atoms with Crippen molar-refractivity contribution in [3.63, 3.8) is 0 Å². The Kier molecular flexibility index (Phi) is 5.49. The third-order valence-electron chi connectivity index (χ3n) is 5.37. The summed E-state index contributed by atoms with van der Waals surface area (Å²) in [5.41, 5.74) is 2.69. The number of hydrogen-bond acceptors (Lipinski definition) is 4. The predicted molar refractivity (Wildman–Crippen MR) is 112 cm³/mol.